The molecule has 4 heteroatoms. The number of rotatable bonds is 1. The molecular weight excluding hydrogens is 360 g/mol. The Bertz CT molecular complexity index is 956. The molecule has 0 bridgehead atoms. The molecule has 3 aliphatic rings. The van der Waals surface area contributed by atoms with Crippen molar-refractivity contribution in [3.63, 3.8) is 0 Å². The first-order valence-corrected chi connectivity index (χ1v) is 10.8. The molecule has 0 radical (unpaired) electrons. The smallest absolute Gasteiger partial charge is 0.250 e. The van der Waals surface area contributed by atoms with Crippen molar-refractivity contribution in [3.05, 3.63) is 65.7 Å². The normalized spacial score (nSPS) is 32.2. The van der Waals surface area contributed by atoms with Crippen LogP contribution in [-0.4, -0.2) is 30.2 Å². The minimum Gasteiger partial charge on any atom is -0.324 e. The number of hydrogen-bond acceptors (Lipinski definition) is 3. The van der Waals surface area contributed by atoms with Gasteiger partial charge in [0.05, 0.1) is 5.41 Å². The van der Waals surface area contributed by atoms with Crippen LogP contribution in [0.3, 0.4) is 0 Å². The van der Waals surface area contributed by atoms with Crippen molar-refractivity contribution in [1.82, 2.24) is 4.90 Å². The second-order valence-electron chi connectivity index (χ2n) is 8.86. The molecule has 1 N–H and O–H groups in total. The number of carbonyl (C=O) groups excluding carboxylic acids is 2. The van der Waals surface area contributed by atoms with Crippen LogP contribution in [0.1, 0.15) is 55.6 Å². The number of amides is 1. The van der Waals surface area contributed by atoms with E-state index in [0.717, 1.165) is 43.4 Å². The van der Waals surface area contributed by atoms with Crippen LogP contribution < -0.4 is 5.32 Å². The zero-order valence-corrected chi connectivity index (χ0v) is 17.0. The summed E-state index contributed by atoms with van der Waals surface area (Å²) < 4.78 is 0. The second-order valence-corrected chi connectivity index (χ2v) is 8.86. The third kappa shape index (κ3) is 2.35. The van der Waals surface area contributed by atoms with E-state index in [1.165, 1.54) is 5.56 Å². The van der Waals surface area contributed by atoms with Crippen LogP contribution in [0.4, 0.5) is 5.69 Å². The van der Waals surface area contributed by atoms with Gasteiger partial charge >= 0.3 is 0 Å². The molecule has 29 heavy (non-hydrogen) atoms. The fourth-order valence-electron chi connectivity index (χ4n) is 6.46. The number of likely N-dealkylation sites (tertiary alicyclic amines) is 1. The lowest BCUT2D eigenvalue weighted by Gasteiger charge is -2.47. The molecule has 2 spiro atoms. The van der Waals surface area contributed by atoms with Crippen molar-refractivity contribution in [1.29, 1.82) is 0 Å². The number of hydrogen-bond donors (Lipinski definition) is 1. The van der Waals surface area contributed by atoms with Crippen LogP contribution in [0.25, 0.3) is 0 Å². The lowest BCUT2D eigenvalue weighted by atomic mass is 9.55. The Morgan fingerprint density at radius 3 is 2.48 bits per heavy atom. The van der Waals surface area contributed by atoms with E-state index in [-0.39, 0.29) is 17.6 Å². The molecule has 2 aliphatic heterocycles. The predicted molar refractivity (Wildman–Crippen MR) is 114 cm³/mol. The van der Waals surface area contributed by atoms with E-state index < -0.39 is 11.0 Å². The molecule has 1 saturated heterocycles. The number of ketones is 1. The Kier molecular flexibility index (Phi) is 4.36. The number of anilines is 1. The van der Waals surface area contributed by atoms with E-state index in [1.54, 1.807) is 0 Å². The summed E-state index contributed by atoms with van der Waals surface area (Å²) >= 11 is 0. The number of nitrogens with zero attached hydrogens (tertiary/aromatic N) is 1. The summed E-state index contributed by atoms with van der Waals surface area (Å²) in [4.78, 5) is 30.0. The van der Waals surface area contributed by atoms with E-state index in [4.69, 9.17) is 0 Å². The molecule has 0 unspecified atom stereocenters. The molecule has 2 heterocycles. The van der Waals surface area contributed by atoms with E-state index in [0.29, 0.717) is 13.0 Å². The number of para-hydroxylation sites is 1. The van der Waals surface area contributed by atoms with Gasteiger partial charge in [-0.1, -0.05) is 67.8 Å². The monoisotopic (exact) mass is 388 g/mol. The molecule has 2 aromatic carbocycles. The van der Waals surface area contributed by atoms with Gasteiger partial charge in [0.15, 0.2) is 0 Å². The summed E-state index contributed by atoms with van der Waals surface area (Å²) in [6.45, 7) is 0.706. The molecule has 2 aromatic rings. The first-order chi connectivity index (χ1) is 14.1. The van der Waals surface area contributed by atoms with Crippen molar-refractivity contribution < 1.29 is 9.59 Å². The van der Waals surface area contributed by atoms with Gasteiger partial charge in [0.1, 0.15) is 11.3 Å². The molecule has 1 aliphatic carbocycles. The van der Waals surface area contributed by atoms with Crippen molar-refractivity contribution in [2.24, 2.45) is 5.41 Å². The number of benzene rings is 2. The summed E-state index contributed by atoms with van der Waals surface area (Å²) in [6.07, 6.45) is 5.46. The van der Waals surface area contributed by atoms with Crippen LogP contribution in [0.15, 0.2) is 54.6 Å². The lowest BCUT2D eigenvalue weighted by Crippen LogP contribution is -2.59. The SMILES string of the molecule is CN1C[C@@H](c2ccccc2)[C@@]2(CCCCCCC2=O)[C@@]12C(=O)Nc1ccccc12. The van der Waals surface area contributed by atoms with Crippen LogP contribution >= 0.6 is 0 Å². The van der Waals surface area contributed by atoms with Crippen LogP contribution in [0, 0.1) is 5.41 Å². The minimum atomic E-state index is -0.932. The summed E-state index contributed by atoms with van der Waals surface area (Å²) in [7, 11) is 2.03. The minimum absolute atomic E-state index is 0.0104. The van der Waals surface area contributed by atoms with Crippen LogP contribution in [-0.2, 0) is 15.1 Å². The maximum absolute atomic E-state index is 14.0. The van der Waals surface area contributed by atoms with E-state index in [2.05, 4.69) is 22.3 Å². The van der Waals surface area contributed by atoms with Gasteiger partial charge in [-0.05, 0) is 31.5 Å². The molecule has 5 rings (SSSR count). The average molecular weight is 389 g/mol. The Hall–Kier alpha value is -2.46. The van der Waals surface area contributed by atoms with Crippen LogP contribution in [0.2, 0.25) is 0 Å². The topological polar surface area (TPSA) is 49.4 Å². The predicted octanol–water partition coefficient (Wildman–Crippen LogP) is 4.47. The zero-order chi connectivity index (χ0) is 20.1. The quantitative estimate of drug-likeness (QED) is 0.784. The fraction of sp³-hybridized carbons (Fsp3) is 0.440. The highest BCUT2D eigenvalue weighted by Gasteiger charge is 2.72. The molecule has 3 atom stereocenters. The van der Waals surface area contributed by atoms with Gasteiger partial charge in [0.25, 0.3) is 5.91 Å². The van der Waals surface area contributed by atoms with Crippen molar-refractivity contribution >= 4 is 17.4 Å². The van der Waals surface area contributed by atoms with Crippen LogP contribution in [0.5, 0.6) is 0 Å². The lowest BCUT2D eigenvalue weighted by molar-refractivity contribution is -0.146. The Balaban J connectivity index is 1.80. The number of nitrogens with one attached hydrogen (secondary N) is 1. The van der Waals surface area contributed by atoms with Crippen molar-refractivity contribution in [2.75, 3.05) is 18.9 Å². The Morgan fingerprint density at radius 2 is 1.66 bits per heavy atom. The average Bonchev–Trinajstić information content (AvgIpc) is 3.18. The maximum Gasteiger partial charge on any atom is 0.250 e. The van der Waals surface area contributed by atoms with Gasteiger partial charge in [0, 0.05) is 30.1 Å². The molecule has 2 fully saturated rings. The molecule has 4 nitrogen and oxygen atoms in total. The zero-order valence-electron chi connectivity index (χ0n) is 17.0. The highest BCUT2D eigenvalue weighted by molar-refractivity contribution is 6.11. The van der Waals surface area contributed by atoms with Gasteiger partial charge in [-0.15, -0.1) is 0 Å². The van der Waals surface area contributed by atoms with Crippen molar-refractivity contribution in [3.8, 4) is 0 Å². The third-order valence-electron chi connectivity index (χ3n) is 7.59. The fourth-order valence-corrected chi connectivity index (χ4v) is 6.46. The van der Waals surface area contributed by atoms with Gasteiger partial charge in [-0.3, -0.25) is 14.5 Å². The molecule has 0 aromatic heterocycles. The maximum atomic E-state index is 14.0. The molecule has 1 amide bonds. The first-order valence-electron chi connectivity index (χ1n) is 10.8. The number of fused-ring (bicyclic) bond motifs is 3. The summed E-state index contributed by atoms with van der Waals surface area (Å²) in [6, 6.07) is 18.3. The van der Waals surface area contributed by atoms with Crippen molar-refractivity contribution in [2.45, 2.75) is 50.0 Å². The molecular formula is C25H28N2O2. The van der Waals surface area contributed by atoms with Gasteiger partial charge in [-0.25, -0.2) is 0 Å². The Morgan fingerprint density at radius 1 is 0.931 bits per heavy atom. The molecule has 1 saturated carbocycles. The van der Waals surface area contributed by atoms with Gasteiger partial charge < -0.3 is 5.32 Å². The summed E-state index contributed by atoms with van der Waals surface area (Å²) in [5, 5.41) is 3.13. The van der Waals surface area contributed by atoms with E-state index in [9.17, 15) is 9.59 Å². The summed E-state index contributed by atoms with van der Waals surface area (Å²) in [5.41, 5.74) is 1.33. The first kappa shape index (κ1) is 18.6. The largest absolute Gasteiger partial charge is 0.324 e. The summed E-state index contributed by atoms with van der Waals surface area (Å²) in [5.74, 6) is 0.243. The number of likely N-dealkylation sites (N-methyl/N-ethyl adjacent to an activating group) is 1. The van der Waals surface area contributed by atoms with E-state index in [1.807, 2.05) is 49.5 Å². The number of Topliss-reactive ketones (excluding diaryl/α,β-unsaturated/α-hetero) is 1. The second kappa shape index (κ2) is 6.81. The Labute approximate surface area is 172 Å². The number of carbonyl (C=O) groups is 2. The standard InChI is InChI=1S/C25H28N2O2/c1-27-17-20(18-11-5-4-6-12-18)24(16-10-3-2-7-15-22(24)28)25(27)19-13-8-9-14-21(19)26-23(25)29/h4-6,8-9,11-14,20H,2-3,7,10,15-17H2,1H3,(H,26,29)/t20-,24+,25+/m0/s1. The van der Waals surface area contributed by atoms with Gasteiger partial charge in [-0.2, -0.15) is 0 Å². The van der Waals surface area contributed by atoms with E-state index >= 15 is 0 Å². The highest BCUT2D eigenvalue weighted by atomic mass is 16.2. The highest BCUT2D eigenvalue weighted by Crippen LogP contribution is 2.65. The van der Waals surface area contributed by atoms with Gasteiger partial charge in [0.2, 0.25) is 0 Å². The third-order valence-corrected chi connectivity index (χ3v) is 7.59. The molecule has 150 valence electrons.